The normalized spacial score (nSPS) is 18.8. The highest BCUT2D eigenvalue weighted by Gasteiger charge is 2.29. The standard InChI is InChI=1S/C17H24O5/c1-17(2,16(18)19)10-12-6-4-8-14(15(12)20-3)22-13-7-5-9-21-11-13/h4,6,8,13H,5,7,9-11H2,1-3H3,(H,18,19). The van der Waals surface area contributed by atoms with Crippen molar-refractivity contribution in [2.75, 3.05) is 20.3 Å². The second-order valence-electron chi connectivity index (χ2n) is 6.27. The molecule has 0 radical (unpaired) electrons. The van der Waals surface area contributed by atoms with E-state index in [1.54, 1.807) is 21.0 Å². The summed E-state index contributed by atoms with van der Waals surface area (Å²) < 4.78 is 16.9. The minimum atomic E-state index is -0.861. The Kier molecular flexibility index (Phi) is 5.29. The third-order valence-electron chi connectivity index (χ3n) is 3.89. The van der Waals surface area contributed by atoms with E-state index in [4.69, 9.17) is 14.2 Å². The molecule has 1 heterocycles. The molecule has 1 atom stereocenters. The lowest BCUT2D eigenvalue weighted by molar-refractivity contribution is -0.146. The molecule has 1 fully saturated rings. The van der Waals surface area contributed by atoms with E-state index in [1.165, 1.54) is 0 Å². The molecule has 0 spiro atoms. The fourth-order valence-corrected chi connectivity index (χ4v) is 2.56. The predicted octanol–water partition coefficient (Wildman–Crippen LogP) is 2.91. The van der Waals surface area contributed by atoms with Gasteiger partial charge in [0, 0.05) is 6.61 Å². The Labute approximate surface area is 131 Å². The van der Waals surface area contributed by atoms with Crippen LogP contribution in [0, 0.1) is 5.41 Å². The SMILES string of the molecule is COc1c(CC(C)(C)C(=O)O)cccc1OC1CCCOC1. The Hall–Kier alpha value is -1.75. The molecule has 1 aromatic carbocycles. The van der Waals surface area contributed by atoms with E-state index < -0.39 is 11.4 Å². The van der Waals surface area contributed by atoms with Crippen LogP contribution in [0.3, 0.4) is 0 Å². The third-order valence-corrected chi connectivity index (χ3v) is 3.89. The van der Waals surface area contributed by atoms with Gasteiger partial charge in [0.05, 0.1) is 19.1 Å². The summed E-state index contributed by atoms with van der Waals surface area (Å²) in [7, 11) is 1.58. The number of benzene rings is 1. The zero-order chi connectivity index (χ0) is 16.2. The molecule has 0 amide bonds. The third kappa shape index (κ3) is 3.91. The smallest absolute Gasteiger partial charge is 0.309 e. The molecular formula is C17H24O5. The topological polar surface area (TPSA) is 65.0 Å². The molecule has 1 aliphatic heterocycles. The largest absolute Gasteiger partial charge is 0.493 e. The number of carboxylic acid groups (broad SMARTS) is 1. The number of ether oxygens (including phenoxy) is 3. The van der Waals surface area contributed by atoms with Crippen molar-refractivity contribution in [3.8, 4) is 11.5 Å². The highest BCUT2D eigenvalue weighted by atomic mass is 16.5. The molecule has 1 unspecified atom stereocenters. The Morgan fingerprint density at radius 1 is 1.45 bits per heavy atom. The van der Waals surface area contributed by atoms with Crippen LogP contribution in [0.1, 0.15) is 32.3 Å². The zero-order valence-corrected chi connectivity index (χ0v) is 13.4. The Bertz CT molecular complexity index is 518. The monoisotopic (exact) mass is 308 g/mol. The lowest BCUT2D eigenvalue weighted by Gasteiger charge is -2.26. The average Bonchev–Trinajstić information content (AvgIpc) is 2.48. The summed E-state index contributed by atoms with van der Waals surface area (Å²) in [6, 6.07) is 5.60. The van der Waals surface area contributed by atoms with Crippen LogP contribution in [-0.4, -0.2) is 37.5 Å². The summed E-state index contributed by atoms with van der Waals surface area (Å²) in [5.41, 5.74) is -0.0241. The van der Waals surface area contributed by atoms with Crippen LogP contribution in [0.4, 0.5) is 0 Å². The molecule has 5 nitrogen and oxygen atoms in total. The first-order valence-corrected chi connectivity index (χ1v) is 7.57. The van der Waals surface area contributed by atoms with Gasteiger partial charge < -0.3 is 19.3 Å². The minimum absolute atomic E-state index is 0.0189. The fourth-order valence-electron chi connectivity index (χ4n) is 2.56. The van der Waals surface area contributed by atoms with Gasteiger partial charge in [0.2, 0.25) is 0 Å². The number of aliphatic carboxylic acids is 1. The molecule has 0 bridgehead atoms. The van der Waals surface area contributed by atoms with E-state index in [2.05, 4.69) is 0 Å². The maximum Gasteiger partial charge on any atom is 0.309 e. The molecule has 1 aromatic rings. The van der Waals surface area contributed by atoms with Crippen molar-refractivity contribution < 1.29 is 24.1 Å². The van der Waals surface area contributed by atoms with Gasteiger partial charge in [-0.1, -0.05) is 12.1 Å². The number of carboxylic acids is 1. The van der Waals surface area contributed by atoms with Crippen LogP contribution >= 0.6 is 0 Å². The number of hydrogen-bond acceptors (Lipinski definition) is 4. The van der Waals surface area contributed by atoms with E-state index in [1.807, 2.05) is 18.2 Å². The second kappa shape index (κ2) is 7.01. The number of para-hydroxylation sites is 1. The Morgan fingerprint density at radius 3 is 2.82 bits per heavy atom. The average molecular weight is 308 g/mol. The Balaban J connectivity index is 2.21. The summed E-state index contributed by atoms with van der Waals surface area (Å²) in [5.74, 6) is 0.431. The van der Waals surface area contributed by atoms with Gasteiger partial charge in [0.15, 0.2) is 11.5 Å². The lowest BCUT2D eigenvalue weighted by atomic mass is 9.85. The van der Waals surface area contributed by atoms with Crippen molar-refractivity contribution in [2.24, 2.45) is 5.41 Å². The molecule has 1 N–H and O–H groups in total. The van der Waals surface area contributed by atoms with Gasteiger partial charge in [-0.3, -0.25) is 4.79 Å². The van der Waals surface area contributed by atoms with Crippen LogP contribution in [0.2, 0.25) is 0 Å². The molecule has 1 saturated heterocycles. The summed E-state index contributed by atoms with van der Waals surface area (Å²) in [5, 5.41) is 9.31. The van der Waals surface area contributed by atoms with Gasteiger partial charge in [-0.25, -0.2) is 0 Å². The molecule has 0 aromatic heterocycles. The summed E-state index contributed by atoms with van der Waals surface area (Å²) in [6.07, 6.45) is 2.33. The van der Waals surface area contributed by atoms with Crippen LogP contribution in [0.25, 0.3) is 0 Å². The number of hydrogen-bond donors (Lipinski definition) is 1. The van der Waals surface area contributed by atoms with Crippen molar-refractivity contribution in [1.82, 2.24) is 0 Å². The summed E-state index contributed by atoms with van der Waals surface area (Å²) >= 11 is 0. The number of methoxy groups -OCH3 is 1. The fraction of sp³-hybridized carbons (Fsp3) is 0.588. The quantitative estimate of drug-likeness (QED) is 0.875. The number of carbonyl (C=O) groups is 1. The maximum atomic E-state index is 11.3. The highest BCUT2D eigenvalue weighted by molar-refractivity contribution is 5.74. The van der Waals surface area contributed by atoms with E-state index >= 15 is 0 Å². The second-order valence-corrected chi connectivity index (χ2v) is 6.27. The lowest BCUT2D eigenvalue weighted by Crippen LogP contribution is -2.28. The van der Waals surface area contributed by atoms with Gasteiger partial charge in [-0.15, -0.1) is 0 Å². The van der Waals surface area contributed by atoms with Crippen LogP contribution in [0.5, 0.6) is 11.5 Å². The first-order valence-electron chi connectivity index (χ1n) is 7.57. The van der Waals surface area contributed by atoms with Crippen molar-refractivity contribution in [2.45, 2.75) is 39.2 Å². The molecule has 0 saturated carbocycles. The zero-order valence-electron chi connectivity index (χ0n) is 13.4. The van der Waals surface area contributed by atoms with Gasteiger partial charge in [0.1, 0.15) is 6.10 Å². The Morgan fingerprint density at radius 2 is 2.23 bits per heavy atom. The summed E-state index contributed by atoms with van der Waals surface area (Å²) in [6.45, 7) is 4.77. The minimum Gasteiger partial charge on any atom is -0.493 e. The van der Waals surface area contributed by atoms with Gasteiger partial charge in [-0.2, -0.15) is 0 Å². The molecule has 2 rings (SSSR count). The first kappa shape index (κ1) is 16.6. The van der Waals surface area contributed by atoms with Crippen LogP contribution < -0.4 is 9.47 Å². The number of rotatable bonds is 6. The van der Waals surface area contributed by atoms with Crippen molar-refractivity contribution >= 4 is 5.97 Å². The van der Waals surface area contributed by atoms with Crippen LogP contribution in [0.15, 0.2) is 18.2 Å². The van der Waals surface area contributed by atoms with Gasteiger partial charge in [-0.05, 0) is 44.7 Å². The molecule has 122 valence electrons. The van der Waals surface area contributed by atoms with Crippen molar-refractivity contribution in [3.05, 3.63) is 23.8 Å². The first-order chi connectivity index (χ1) is 10.4. The molecule has 22 heavy (non-hydrogen) atoms. The molecular weight excluding hydrogens is 284 g/mol. The van der Waals surface area contributed by atoms with Gasteiger partial charge >= 0.3 is 5.97 Å². The van der Waals surface area contributed by atoms with Crippen molar-refractivity contribution in [1.29, 1.82) is 0 Å². The van der Waals surface area contributed by atoms with E-state index in [-0.39, 0.29) is 6.10 Å². The maximum absolute atomic E-state index is 11.3. The molecule has 5 heteroatoms. The highest BCUT2D eigenvalue weighted by Crippen LogP contribution is 2.36. The molecule has 0 aliphatic carbocycles. The van der Waals surface area contributed by atoms with Gasteiger partial charge in [0.25, 0.3) is 0 Å². The van der Waals surface area contributed by atoms with E-state index in [0.29, 0.717) is 24.5 Å². The van der Waals surface area contributed by atoms with Crippen molar-refractivity contribution in [3.63, 3.8) is 0 Å². The van der Waals surface area contributed by atoms with Crippen LogP contribution in [-0.2, 0) is 16.0 Å². The summed E-state index contributed by atoms with van der Waals surface area (Å²) in [4.78, 5) is 11.3. The predicted molar refractivity (Wildman–Crippen MR) is 82.6 cm³/mol. The van der Waals surface area contributed by atoms with E-state index in [0.717, 1.165) is 25.0 Å². The molecule has 1 aliphatic rings. The van der Waals surface area contributed by atoms with E-state index in [9.17, 15) is 9.90 Å².